The van der Waals surface area contributed by atoms with Gasteiger partial charge in [0.25, 0.3) is 0 Å². The molecule has 0 radical (unpaired) electrons. The first-order valence-electron chi connectivity index (χ1n) is 5.10. The normalized spacial score (nSPS) is 11.7. The third-order valence-electron chi connectivity index (χ3n) is 2.12. The number of hydrogen-bond acceptors (Lipinski definition) is 4. The van der Waals surface area contributed by atoms with Crippen LogP contribution in [0.25, 0.3) is 0 Å². The van der Waals surface area contributed by atoms with Crippen LogP contribution in [0.15, 0.2) is 34.2 Å². The Bertz CT molecular complexity index is 644. The topological polar surface area (TPSA) is 51.8 Å². The lowest BCUT2D eigenvalue weighted by molar-refractivity contribution is -0.141. The molecule has 1 heterocycles. The van der Waals surface area contributed by atoms with Crippen LogP contribution in [0.1, 0.15) is 5.69 Å². The fourth-order valence-corrected chi connectivity index (χ4v) is 2.14. The molecule has 0 aliphatic heterocycles. The molecule has 0 fully saturated rings. The first-order chi connectivity index (χ1) is 9.25. The fraction of sp³-hybridized carbons (Fsp3) is 0.0909. The second-order valence-corrected chi connectivity index (χ2v) is 4.69. The Balaban J connectivity index is 2.36. The van der Waals surface area contributed by atoms with Crippen LogP contribution in [0.2, 0.25) is 0 Å². The van der Waals surface area contributed by atoms with Crippen LogP contribution in [0, 0.1) is 11.6 Å². The predicted molar refractivity (Wildman–Crippen MR) is 61.9 cm³/mol. The van der Waals surface area contributed by atoms with Crippen molar-refractivity contribution in [2.75, 3.05) is 5.73 Å². The summed E-state index contributed by atoms with van der Waals surface area (Å²) in [6.45, 7) is 0. The summed E-state index contributed by atoms with van der Waals surface area (Å²) in [7, 11) is 0. The summed E-state index contributed by atoms with van der Waals surface area (Å²) in [5.41, 5.74) is 3.96. The van der Waals surface area contributed by atoms with Crippen molar-refractivity contribution in [3.05, 3.63) is 41.6 Å². The van der Waals surface area contributed by atoms with Gasteiger partial charge in [0, 0.05) is 17.0 Å². The van der Waals surface area contributed by atoms with E-state index in [-0.39, 0.29) is 9.92 Å². The van der Waals surface area contributed by atoms with E-state index in [1.807, 2.05) is 0 Å². The summed E-state index contributed by atoms with van der Waals surface area (Å²) >= 11 is 0.595. The third-order valence-corrected chi connectivity index (χ3v) is 3.09. The number of aromatic nitrogens is 2. The Kier molecular flexibility index (Phi) is 3.80. The van der Waals surface area contributed by atoms with E-state index in [4.69, 9.17) is 5.73 Å². The van der Waals surface area contributed by atoms with Crippen LogP contribution in [0.5, 0.6) is 0 Å². The maximum Gasteiger partial charge on any atom is 0.433 e. The fourth-order valence-electron chi connectivity index (χ4n) is 1.31. The molecule has 0 bridgehead atoms. The summed E-state index contributed by atoms with van der Waals surface area (Å²) in [6.07, 6.45) is -4.69. The van der Waals surface area contributed by atoms with Crippen molar-refractivity contribution < 1.29 is 22.0 Å². The molecule has 2 rings (SSSR count). The molecule has 0 spiro atoms. The molecule has 1 aromatic heterocycles. The first kappa shape index (κ1) is 14.5. The molecule has 1 aromatic carbocycles. The van der Waals surface area contributed by atoms with E-state index >= 15 is 0 Å². The van der Waals surface area contributed by atoms with Crippen LogP contribution >= 0.6 is 11.8 Å². The highest BCUT2D eigenvalue weighted by Gasteiger charge is 2.33. The third kappa shape index (κ3) is 3.35. The zero-order valence-electron chi connectivity index (χ0n) is 9.58. The zero-order valence-corrected chi connectivity index (χ0v) is 10.4. The summed E-state index contributed by atoms with van der Waals surface area (Å²) in [4.78, 5) is 6.56. The van der Waals surface area contributed by atoms with Gasteiger partial charge in [-0.15, -0.1) is 0 Å². The average Bonchev–Trinajstić information content (AvgIpc) is 2.31. The molecule has 0 saturated heterocycles. The smallest absolute Gasteiger partial charge is 0.368 e. The Labute approximate surface area is 114 Å². The molecule has 9 heteroatoms. The molecule has 0 aliphatic rings. The van der Waals surface area contributed by atoms with Gasteiger partial charge in [-0.2, -0.15) is 13.2 Å². The van der Waals surface area contributed by atoms with E-state index in [0.717, 1.165) is 12.1 Å². The molecule has 2 aromatic rings. The Morgan fingerprint density at radius 1 is 1.05 bits per heavy atom. The van der Waals surface area contributed by atoms with Crippen molar-refractivity contribution in [3.63, 3.8) is 0 Å². The van der Waals surface area contributed by atoms with Gasteiger partial charge in [-0.3, -0.25) is 0 Å². The van der Waals surface area contributed by atoms with Gasteiger partial charge < -0.3 is 5.73 Å². The maximum absolute atomic E-state index is 13.4. The number of nitrogen functional groups attached to an aromatic ring is 1. The summed E-state index contributed by atoms with van der Waals surface area (Å²) in [5.74, 6) is -2.27. The number of anilines is 1. The summed E-state index contributed by atoms with van der Waals surface area (Å²) < 4.78 is 63.8. The van der Waals surface area contributed by atoms with E-state index < -0.39 is 29.5 Å². The largest absolute Gasteiger partial charge is 0.433 e. The molecule has 20 heavy (non-hydrogen) atoms. The quantitative estimate of drug-likeness (QED) is 0.681. The minimum atomic E-state index is -4.69. The van der Waals surface area contributed by atoms with Gasteiger partial charge in [-0.25, -0.2) is 18.7 Å². The van der Waals surface area contributed by atoms with E-state index in [9.17, 15) is 22.0 Å². The second-order valence-electron chi connectivity index (χ2n) is 3.62. The molecule has 106 valence electrons. The van der Waals surface area contributed by atoms with Crippen LogP contribution in [0.4, 0.5) is 27.9 Å². The Morgan fingerprint density at radius 2 is 1.75 bits per heavy atom. The number of alkyl halides is 3. The van der Waals surface area contributed by atoms with Crippen molar-refractivity contribution in [1.29, 1.82) is 0 Å². The minimum absolute atomic E-state index is 0.0716. The molecule has 0 unspecified atom stereocenters. The SMILES string of the molecule is Nc1nc(Sc2ccc(F)cc2F)cc(C(F)(F)F)n1. The monoisotopic (exact) mass is 307 g/mol. The number of hydrogen-bond donors (Lipinski definition) is 1. The lowest BCUT2D eigenvalue weighted by Crippen LogP contribution is -2.11. The average molecular weight is 307 g/mol. The number of nitrogens with two attached hydrogens (primary N) is 1. The number of nitrogens with zero attached hydrogens (tertiary/aromatic N) is 2. The van der Waals surface area contributed by atoms with Crippen molar-refractivity contribution in [3.8, 4) is 0 Å². The molecular weight excluding hydrogens is 301 g/mol. The summed E-state index contributed by atoms with van der Waals surface area (Å²) in [5, 5.41) is -0.185. The molecular formula is C11H6F5N3S. The molecule has 0 aliphatic carbocycles. The molecule has 0 amide bonds. The van der Waals surface area contributed by atoms with Gasteiger partial charge in [0.2, 0.25) is 5.95 Å². The van der Waals surface area contributed by atoms with Gasteiger partial charge in [-0.1, -0.05) is 11.8 Å². The zero-order chi connectivity index (χ0) is 14.9. The van der Waals surface area contributed by atoms with Gasteiger partial charge in [0.1, 0.15) is 16.7 Å². The standard InChI is InChI=1S/C11H6F5N3S/c12-5-1-2-7(6(13)3-5)20-9-4-8(11(14,15)16)18-10(17)19-9/h1-4H,(H2,17,18,19). The van der Waals surface area contributed by atoms with Gasteiger partial charge in [-0.05, 0) is 12.1 Å². The van der Waals surface area contributed by atoms with Crippen molar-refractivity contribution in [1.82, 2.24) is 9.97 Å². The van der Waals surface area contributed by atoms with Crippen LogP contribution in [-0.4, -0.2) is 9.97 Å². The highest BCUT2D eigenvalue weighted by molar-refractivity contribution is 7.99. The maximum atomic E-state index is 13.4. The first-order valence-corrected chi connectivity index (χ1v) is 5.92. The second kappa shape index (κ2) is 5.23. The summed E-state index contributed by atoms with van der Waals surface area (Å²) in [6, 6.07) is 3.35. The van der Waals surface area contributed by atoms with E-state index in [2.05, 4.69) is 9.97 Å². The highest BCUT2D eigenvalue weighted by Crippen LogP contribution is 2.33. The Hall–Kier alpha value is -1.90. The predicted octanol–water partition coefficient (Wildman–Crippen LogP) is 3.51. The number of halogens is 5. The lowest BCUT2D eigenvalue weighted by Gasteiger charge is -2.08. The van der Waals surface area contributed by atoms with Crippen molar-refractivity contribution in [2.45, 2.75) is 16.1 Å². The van der Waals surface area contributed by atoms with Crippen LogP contribution in [-0.2, 0) is 6.18 Å². The van der Waals surface area contributed by atoms with Gasteiger partial charge >= 0.3 is 6.18 Å². The molecule has 0 atom stereocenters. The van der Waals surface area contributed by atoms with Crippen LogP contribution < -0.4 is 5.73 Å². The number of benzene rings is 1. The van der Waals surface area contributed by atoms with Crippen LogP contribution in [0.3, 0.4) is 0 Å². The van der Waals surface area contributed by atoms with Gasteiger partial charge in [0.05, 0.1) is 0 Å². The lowest BCUT2D eigenvalue weighted by atomic mass is 10.3. The highest BCUT2D eigenvalue weighted by atomic mass is 32.2. The molecule has 2 N–H and O–H groups in total. The van der Waals surface area contributed by atoms with E-state index in [1.54, 1.807) is 0 Å². The van der Waals surface area contributed by atoms with E-state index in [0.29, 0.717) is 23.9 Å². The van der Waals surface area contributed by atoms with E-state index in [1.165, 1.54) is 0 Å². The van der Waals surface area contributed by atoms with Crippen molar-refractivity contribution in [2.24, 2.45) is 0 Å². The Morgan fingerprint density at radius 3 is 2.35 bits per heavy atom. The van der Waals surface area contributed by atoms with Gasteiger partial charge in [0.15, 0.2) is 5.69 Å². The number of rotatable bonds is 2. The molecule has 3 nitrogen and oxygen atoms in total. The molecule has 0 saturated carbocycles. The van der Waals surface area contributed by atoms with Crippen molar-refractivity contribution >= 4 is 17.7 Å². The minimum Gasteiger partial charge on any atom is -0.368 e.